The molecule has 0 atom stereocenters. The zero-order valence-corrected chi connectivity index (χ0v) is 11.9. The molecular weight excluding hydrogens is 266 g/mol. The van der Waals surface area contributed by atoms with Crippen LogP contribution in [0.25, 0.3) is 0 Å². The first-order valence-electron chi connectivity index (χ1n) is 7.23. The van der Waals surface area contributed by atoms with Crippen molar-refractivity contribution in [2.24, 2.45) is 0 Å². The first kappa shape index (κ1) is 13.6. The molecule has 1 aliphatic rings. The van der Waals surface area contributed by atoms with Crippen LogP contribution in [-0.4, -0.2) is 11.7 Å². The SMILES string of the molecule is CCc1ccc(C(=O)c2ccc3c(c2)CCCC(=O)N3)o1. The maximum atomic E-state index is 12.4. The van der Waals surface area contributed by atoms with Gasteiger partial charge in [0.25, 0.3) is 0 Å². The van der Waals surface area contributed by atoms with E-state index in [0.717, 1.165) is 36.3 Å². The van der Waals surface area contributed by atoms with E-state index in [1.54, 1.807) is 18.2 Å². The number of carbonyl (C=O) groups excluding carboxylic acids is 2. The fraction of sp³-hybridized carbons (Fsp3) is 0.294. The molecule has 0 unspecified atom stereocenters. The van der Waals surface area contributed by atoms with Crippen LogP contribution in [0.3, 0.4) is 0 Å². The second-order valence-corrected chi connectivity index (χ2v) is 5.22. The molecule has 0 fully saturated rings. The van der Waals surface area contributed by atoms with E-state index >= 15 is 0 Å². The summed E-state index contributed by atoms with van der Waals surface area (Å²) < 4.78 is 5.52. The van der Waals surface area contributed by atoms with E-state index in [0.29, 0.717) is 17.7 Å². The summed E-state index contributed by atoms with van der Waals surface area (Å²) in [6.45, 7) is 1.98. The van der Waals surface area contributed by atoms with E-state index in [1.807, 2.05) is 19.1 Å². The highest BCUT2D eigenvalue weighted by Gasteiger charge is 2.17. The number of hydrogen-bond donors (Lipinski definition) is 1. The van der Waals surface area contributed by atoms with E-state index in [2.05, 4.69) is 5.32 Å². The molecule has 0 spiro atoms. The molecule has 0 aliphatic carbocycles. The van der Waals surface area contributed by atoms with Crippen LogP contribution in [-0.2, 0) is 17.6 Å². The Kier molecular flexibility index (Phi) is 3.60. The Hall–Kier alpha value is -2.36. The largest absolute Gasteiger partial charge is 0.458 e. The minimum absolute atomic E-state index is 0.0337. The molecule has 108 valence electrons. The van der Waals surface area contributed by atoms with Crippen molar-refractivity contribution in [3.63, 3.8) is 0 Å². The van der Waals surface area contributed by atoms with Crippen molar-refractivity contribution < 1.29 is 14.0 Å². The van der Waals surface area contributed by atoms with E-state index in [1.165, 1.54) is 0 Å². The van der Waals surface area contributed by atoms with Gasteiger partial charge in [0.2, 0.25) is 11.7 Å². The van der Waals surface area contributed by atoms with Gasteiger partial charge in [0, 0.05) is 24.1 Å². The number of aryl methyl sites for hydroxylation is 2. The minimum Gasteiger partial charge on any atom is -0.458 e. The number of rotatable bonds is 3. The maximum Gasteiger partial charge on any atom is 0.228 e. The number of carbonyl (C=O) groups is 2. The van der Waals surface area contributed by atoms with Crippen LogP contribution in [0.2, 0.25) is 0 Å². The van der Waals surface area contributed by atoms with Crippen molar-refractivity contribution in [2.45, 2.75) is 32.6 Å². The van der Waals surface area contributed by atoms with Gasteiger partial charge in [0.1, 0.15) is 5.76 Å². The van der Waals surface area contributed by atoms with Gasteiger partial charge in [0.15, 0.2) is 5.76 Å². The van der Waals surface area contributed by atoms with E-state index in [4.69, 9.17) is 4.42 Å². The molecule has 3 rings (SSSR count). The summed E-state index contributed by atoms with van der Waals surface area (Å²) in [7, 11) is 0. The topological polar surface area (TPSA) is 59.3 Å². The van der Waals surface area contributed by atoms with Gasteiger partial charge in [-0.3, -0.25) is 9.59 Å². The molecule has 0 saturated heterocycles. The fourth-order valence-corrected chi connectivity index (χ4v) is 2.55. The lowest BCUT2D eigenvalue weighted by Gasteiger charge is -2.08. The Morgan fingerprint density at radius 1 is 1.24 bits per heavy atom. The predicted octanol–water partition coefficient (Wildman–Crippen LogP) is 3.35. The zero-order valence-electron chi connectivity index (χ0n) is 11.9. The van der Waals surface area contributed by atoms with Crippen LogP contribution in [0.15, 0.2) is 34.7 Å². The number of benzene rings is 1. The third kappa shape index (κ3) is 2.75. The molecule has 0 radical (unpaired) electrons. The number of anilines is 1. The molecule has 1 aromatic heterocycles. The van der Waals surface area contributed by atoms with E-state index in [9.17, 15) is 9.59 Å². The molecule has 1 amide bonds. The van der Waals surface area contributed by atoms with E-state index < -0.39 is 0 Å². The molecule has 1 aromatic carbocycles. The Balaban J connectivity index is 1.91. The summed E-state index contributed by atoms with van der Waals surface area (Å²) in [5.74, 6) is 1.09. The molecule has 0 saturated carbocycles. The van der Waals surface area contributed by atoms with Gasteiger partial charge in [-0.25, -0.2) is 0 Å². The monoisotopic (exact) mass is 283 g/mol. The summed E-state index contributed by atoms with van der Waals surface area (Å²) >= 11 is 0. The van der Waals surface area contributed by atoms with Gasteiger partial charge < -0.3 is 9.73 Å². The van der Waals surface area contributed by atoms with Crippen molar-refractivity contribution in [3.8, 4) is 0 Å². The second-order valence-electron chi connectivity index (χ2n) is 5.22. The Labute approximate surface area is 123 Å². The van der Waals surface area contributed by atoms with Crippen LogP contribution in [0.1, 0.15) is 47.2 Å². The van der Waals surface area contributed by atoms with Gasteiger partial charge in [0.05, 0.1) is 0 Å². The molecule has 4 heteroatoms. The smallest absolute Gasteiger partial charge is 0.228 e. The number of amides is 1. The van der Waals surface area contributed by atoms with Crippen LogP contribution in [0, 0.1) is 0 Å². The lowest BCUT2D eigenvalue weighted by Crippen LogP contribution is -2.09. The molecule has 4 nitrogen and oxygen atoms in total. The number of nitrogens with one attached hydrogen (secondary N) is 1. The van der Waals surface area contributed by atoms with Gasteiger partial charge in [-0.1, -0.05) is 6.92 Å². The standard InChI is InChI=1S/C17H17NO3/c1-2-13-7-9-15(21-13)17(20)12-6-8-14-11(10-12)4-3-5-16(19)18-14/h6-10H,2-5H2,1H3,(H,18,19). The Morgan fingerprint density at radius 3 is 2.86 bits per heavy atom. The van der Waals surface area contributed by atoms with Gasteiger partial charge in [-0.05, 0) is 48.7 Å². The summed E-state index contributed by atoms with van der Waals surface area (Å²) in [4.78, 5) is 24.0. The average Bonchev–Trinajstić information content (AvgIpc) is 2.89. The maximum absolute atomic E-state index is 12.4. The zero-order chi connectivity index (χ0) is 14.8. The molecule has 1 N–H and O–H groups in total. The van der Waals surface area contributed by atoms with Crippen molar-refractivity contribution in [2.75, 3.05) is 5.32 Å². The number of ketones is 1. The lowest BCUT2D eigenvalue weighted by molar-refractivity contribution is -0.116. The summed E-state index contributed by atoms with van der Waals surface area (Å²) in [6.07, 6.45) is 2.89. The summed E-state index contributed by atoms with van der Waals surface area (Å²) in [5, 5.41) is 2.87. The Morgan fingerprint density at radius 2 is 2.10 bits per heavy atom. The third-order valence-corrected chi connectivity index (χ3v) is 3.73. The third-order valence-electron chi connectivity index (χ3n) is 3.73. The van der Waals surface area contributed by atoms with Crippen molar-refractivity contribution in [3.05, 3.63) is 53.0 Å². The molecule has 21 heavy (non-hydrogen) atoms. The average molecular weight is 283 g/mol. The highest BCUT2D eigenvalue weighted by atomic mass is 16.3. The van der Waals surface area contributed by atoms with Crippen molar-refractivity contribution in [1.82, 2.24) is 0 Å². The van der Waals surface area contributed by atoms with Gasteiger partial charge in [-0.15, -0.1) is 0 Å². The molecule has 1 aliphatic heterocycles. The van der Waals surface area contributed by atoms with Gasteiger partial charge >= 0.3 is 0 Å². The summed E-state index contributed by atoms with van der Waals surface area (Å²) in [6, 6.07) is 8.94. The number of fused-ring (bicyclic) bond motifs is 1. The predicted molar refractivity (Wildman–Crippen MR) is 79.5 cm³/mol. The van der Waals surface area contributed by atoms with Crippen LogP contribution in [0.4, 0.5) is 5.69 Å². The lowest BCUT2D eigenvalue weighted by atomic mass is 10.0. The normalized spacial score (nSPS) is 14.2. The van der Waals surface area contributed by atoms with Crippen molar-refractivity contribution in [1.29, 1.82) is 0 Å². The first-order valence-corrected chi connectivity index (χ1v) is 7.23. The quantitative estimate of drug-likeness (QED) is 0.879. The minimum atomic E-state index is -0.118. The molecule has 0 bridgehead atoms. The number of furan rings is 1. The molecule has 2 heterocycles. The molecular formula is C17H17NO3. The molecule has 2 aromatic rings. The number of hydrogen-bond acceptors (Lipinski definition) is 3. The van der Waals surface area contributed by atoms with Crippen LogP contribution >= 0.6 is 0 Å². The Bertz CT molecular complexity index is 700. The van der Waals surface area contributed by atoms with Crippen LogP contribution < -0.4 is 5.32 Å². The summed E-state index contributed by atoms with van der Waals surface area (Å²) in [5.41, 5.74) is 2.42. The highest BCUT2D eigenvalue weighted by molar-refractivity contribution is 6.07. The van der Waals surface area contributed by atoms with Crippen LogP contribution in [0.5, 0.6) is 0 Å². The van der Waals surface area contributed by atoms with Crippen molar-refractivity contribution >= 4 is 17.4 Å². The van der Waals surface area contributed by atoms with E-state index in [-0.39, 0.29) is 11.7 Å². The second kappa shape index (κ2) is 5.56. The first-order chi connectivity index (χ1) is 10.2. The fourth-order valence-electron chi connectivity index (χ4n) is 2.55. The highest BCUT2D eigenvalue weighted by Crippen LogP contribution is 2.24. The van der Waals surface area contributed by atoms with Gasteiger partial charge in [-0.2, -0.15) is 0 Å².